The van der Waals surface area contributed by atoms with Gasteiger partial charge in [0, 0.05) is 30.4 Å². The molecule has 0 aromatic carbocycles. The van der Waals surface area contributed by atoms with Crippen LogP contribution in [0.15, 0.2) is 10.6 Å². The van der Waals surface area contributed by atoms with Gasteiger partial charge in [0.15, 0.2) is 5.82 Å². The van der Waals surface area contributed by atoms with Crippen molar-refractivity contribution in [1.82, 2.24) is 19.6 Å². The van der Waals surface area contributed by atoms with Gasteiger partial charge >= 0.3 is 0 Å². The molecular formula is C17H24N4O3. The van der Waals surface area contributed by atoms with E-state index in [4.69, 9.17) is 4.52 Å². The van der Waals surface area contributed by atoms with Gasteiger partial charge in [-0.2, -0.15) is 4.98 Å². The molecule has 0 bridgehead atoms. The van der Waals surface area contributed by atoms with Crippen LogP contribution in [-0.4, -0.2) is 43.3 Å². The maximum Gasteiger partial charge on any atom is 0.256 e. The lowest BCUT2D eigenvalue weighted by Gasteiger charge is -2.22. The van der Waals surface area contributed by atoms with Gasteiger partial charge < -0.3 is 19.1 Å². The van der Waals surface area contributed by atoms with E-state index in [0.717, 1.165) is 11.4 Å². The van der Waals surface area contributed by atoms with Crippen molar-refractivity contribution in [3.8, 4) is 0 Å². The van der Waals surface area contributed by atoms with E-state index in [1.54, 1.807) is 11.8 Å². The van der Waals surface area contributed by atoms with Gasteiger partial charge in [0.25, 0.3) is 5.91 Å². The van der Waals surface area contributed by atoms with E-state index >= 15 is 0 Å². The molecule has 3 rings (SSSR count). The second-order valence-electron chi connectivity index (χ2n) is 6.79. The highest BCUT2D eigenvalue weighted by Crippen LogP contribution is 2.33. The number of aliphatic hydroxyl groups excluding tert-OH is 1. The number of hydrogen-bond acceptors (Lipinski definition) is 5. The van der Waals surface area contributed by atoms with E-state index in [1.807, 2.05) is 19.9 Å². The standard InChI is InChI=1S/C17H24N4O3/c1-9(2)21-10(3)6-14(11(21)4)17(23)20-8-13(22)7-15(20)16-18-12(5)19-24-16/h6,9,13,15,22H,7-8H2,1-5H3/t13-,15-/m1/s1. The number of likely N-dealkylation sites (tertiary alicyclic amines) is 1. The number of rotatable bonds is 3. The molecule has 1 N–H and O–H groups in total. The molecule has 0 aliphatic carbocycles. The molecule has 0 radical (unpaired) electrons. The van der Waals surface area contributed by atoms with Crippen LogP contribution in [0.25, 0.3) is 0 Å². The molecular weight excluding hydrogens is 308 g/mol. The van der Waals surface area contributed by atoms with E-state index in [0.29, 0.717) is 23.7 Å². The van der Waals surface area contributed by atoms with Crippen molar-refractivity contribution >= 4 is 5.91 Å². The van der Waals surface area contributed by atoms with E-state index in [1.165, 1.54) is 0 Å². The van der Waals surface area contributed by atoms with Crippen molar-refractivity contribution in [2.75, 3.05) is 6.54 Å². The van der Waals surface area contributed by atoms with E-state index < -0.39 is 6.10 Å². The minimum atomic E-state index is -0.584. The van der Waals surface area contributed by atoms with E-state index in [9.17, 15) is 9.90 Å². The monoisotopic (exact) mass is 332 g/mol. The fraction of sp³-hybridized carbons (Fsp3) is 0.588. The molecule has 2 aromatic heterocycles. The zero-order chi connectivity index (χ0) is 17.6. The summed E-state index contributed by atoms with van der Waals surface area (Å²) < 4.78 is 7.38. The van der Waals surface area contributed by atoms with Gasteiger partial charge in [0.05, 0.1) is 11.7 Å². The molecule has 1 amide bonds. The first-order chi connectivity index (χ1) is 11.3. The Bertz CT molecular complexity index is 762. The maximum absolute atomic E-state index is 13.1. The van der Waals surface area contributed by atoms with Gasteiger partial charge in [0.2, 0.25) is 5.89 Å². The summed E-state index contributed by atoms with van der Waals surface area (Å²) in [5, 5.41) is 13.9. The zero-order valence-corrected chi connectivity index (χ0v) is 14.8. The first-order valence-electron chi connectivity index (χ1n) is 8.27. The van der Waals surface area contributed by atoms with Crippen LogP contribution in [0.3, 0.4) is 0 Å². The Labute approximate surface area is 141 Å². The molecule has 1 fully saturated rings. The van der Waals surface area contributed by atoms with Gasteiger partial charge in [-0.1, -0.05) is 5.16 Å². The van der Waals surface area contributed by atoms with Crippen molar-refractivity contribution in [2.45, 2.75) is 59.2 Å². The highest BCUT2D eigenvalue weighted by molar-refractivity contribution is 5.96. The molecule has 2 atom stereocenters. The lowest BCUT2D eigenvalue weighted by Crippen LogP contribution is -2.32. The fourth-order valence-electron chi connectivity index (χ4n) is 3.66. The van der Waals surface area contributed by atoms with Crippen LogP contribution in [0.2, 0.25) is 0 Å². The lowest BCUT2D eigenvalue weighted by molar-refractivity contribution is 0.0692. The molecule has 0 saturated carbocycles. The van der Waals surface area contributed by atoms with Gasteiger partial charge in [-0.05, 0) is 40.7 Å². The molecule has 1 saturated heterocycles. The summed E-state index contributed by atoms with van der Waals surface area (Å²) in [6, 6.07) is 1.82. The van der Waals surface area contributed by atoms with Crippen molar-refractivity contribution in [3.05, 3.63) is 34.7 Å². The number of aliphatic hydroxyl groups is 1. The topological polar surface area (TPSA) is 84.4 Å². The Hall–Kier alpha value is -2.15. The van der Waals surface area contributed by atoms with Gasteiger partial charge in [-0.15, -0.1) is 0 Å². The van der Waals surface area contributed by atoms with E-state index in [2.05, 4.69) is 28.6 Å². The van der Waals surface area contributed by atoms with Crippen LogP contribution in [-0.2, 0) is 0 Å². The third kappa shape index (κ3) is 2.73. The van der Waals surface area contributed by atoms with Gasteiger partial charge in [-0.25, -0.2) is 0 Å². The Kier molecular flexibility index (Phi) is 4.21. The molecule has 1 aliphatic heterocycles. The summed E-state index contributed by atoms with van der Waals surface area (Å²) in [7, 11) is 0. The van der Waals surface area contributed by atoms with Crippen molar-refractivity contribution in [2.24, 2.45) is 0 Å². The number of carbonyl (C=O) groups is 1. The minimum absolute atomic E-state index is 0.104. The lowest BCUT2D eigenvalue weighted by atomic mass is 10.1. The van der Waals surface area contributed by atoms with Crippen LogP contribution in [0.4, 0.5) is 0 Å². The molecule has 130 valence electrons. The molecule has 1 aliphatic rings. The number of hydrogen-bond donors (Lipinski definition) is 1. The minimum Gasteiger partial charge on any atom is -0.391 e. The zero-order valence-electron chi connectivity index (χ0n) is 14.8. The molecule has 0 spiro atoms. The molecule has 2 aromatic rings. The second kappa shape index (κ2) is 6.05. The van der Waals surface area contributed by atoms with Crippen LogP contribution >= 0.6 is 0 Å². The van der Waals surface area contributed by atoms with Crippen LogP contribution in [0.5, 0.6) is 0 Å². The summed E-state index contributed by atoms with van der Waals surface area (Å²) >= 11 is 0. The summed E-state index contributed by atoms with van der Waals surface area (Å²) in [4.78, 5) is 19.0. The number of aromatic nitrogens is 3. The third-order valence-corrected chi connectivity index (χ3v) is 4.60. The highest BCUT2D eigenvalue weighted by Gasteiger charge is 2.39. The summed E-state index contributed by atoms with van der Waals surface area (Å²) in [6.07, 6.45) is -0.171. The summed E-state index contributed by atoms with van der Waals surface area (Å²) in [5.41, 5.74) is 2.65. The Morgan fingerprint density at radius 3 is 2.62 bits per heavy atom. The second-order valence-corrected chi connectivity index (χ2v) is 6.79. The molecule has 0 unspecified atom stereocenters. The first-order valence-corrected chi connectivity index (χ1v) is 8.27. The van der Waals surface area contributed by atoms with E-state index in [-0.39, 0.29) is 24.5 Å². The maximum atomic E-state index is 13.1. The summed E-state index contributed by atoms with van der Waals surface area (Å²) in [6.45, 7) is 10.2. The number of aryl methyl sites for hydroxylation is 2. The number of nitrogens with zero attached hydrogens (tertiary/aromatic N) is 4. The molecule has 3 heterocycles. The molecule has 7 heteroatoms. The Morgan fingerprint density at radius 1 is 1.38 bits per heavy atom. The average molecular weight is 332 g/mol. The van der Waals surface area contributed by atoms with Crippen molar-refractivity contribution in [1.29, 1.82) is 0 Å². The first kappa shape index (κ1) is 16.7. The summed E-state index contributed by atoms with van der Waals surface area (Å²) in [5.74, 6) is 0.805. The van der Waals surface area contributed by atoms with Crippen LogP contribution in [0, 0.1) is 20.8 Å². The number of β-amino-alcohol motifs (C(OH)–C–C–N with tert-alkyl or cyclic N) is 1. The highest BCUT2D eigenvalue weighted by atomic mass is 16.5. The van der Waals surface area contributed by atoms with Crippen LogP contribution in [0.1, 0.15) is 65.8 Å². The number of amides is 1. The largest absolute Gasteiger partial charge is 0.391 e. The third-order valence-electron chi connectivity index (χ3n) is 4.60. The normalized spacial score (nSPS) is 21.0. The van der Waals surface area contributed by atoms with Gasteiger partial charge in [0.1, 0.15) is 6.04 Å². The predicted molar refractivity (Wildman–Crippen MR) is 87.7 cm³/mol. The average Bonchev–Trinajstić information content (AvgIpc) is 3.16. The van der Waals surface area contributed by atoms with Gasteiger partial charge in [-0.3, -0.25) is 4.79 Å². The predicted octanol–water partition coefficient (Wildman–Crippen LogP) is 2.33. The molecule has 7 nitrogen and oxygen atoms in total. The van der Waals surface area contributed by atoms with Crippen LogP contribution < -0.4 is 0 Å². The fourth-order valence-corrected chi connectivity index (χ4v) is 3.66. The molecule has 24 heavy (non-hydrogen) atoms. The SMILES string of the molecule is Cc1noc([C@H]2C[C@@H](O)CN2C(=O)c2cc(C)n(C(C)C)c2C)n1. The Morgan fingerprint density at radius 2 is 2.08 bits per heavy atom. The smallest absolute Gasteiger partial charge is 0.256 e. The Balaban J connectivity index is 1.95. The van der Waals surface area contributed by atoms with Crippen molar-refractivity contribution < 1.29 is 14.4 Å². The number of carbonyl (C=O) groups excluding carboxylic acids is 1. The quantitative estimate of drug-likeness (QED) is 0.932. The van der Waals surface area contributed by atoms with Crippen molar-refractivity contribution in [3.63, 3.8) is 0 Å².